The molecule has 3 heterocycles. The van der Waals surface area contributed by atoms with E-state index >= 15 is 4.39 Å². The van der Waals surface area contributed by atoms with Crippen LogP contribution < -0.4 is 5.56 Å². The van der Waals surface area contributed by atoms with Gasteiger partial charge in [0.05, 0.1) is 12.7 Å². The van der Waals surface area contributed by atoms with Crippen molar-refractivity contribution < 1.29 is 18.3 Å². The van der Waals surface area contributed by atoms with Crippen LogP contribution in [0.4, 0.5) is 13.6 Å². The standard InChI is InChI=1S/C28H31F2N5O3/c1-28(2,3)38-27(37)34-11-9-33(10-12-34)16-19-13-24-20(14-23(19)30)21-15-31-35(26(36)25(21)32(24)4)17-18-7-5-6-8-22(18)29/h5-8,13-15H,9-12,16-17H2,1-4H3. The Hall–Kier alpha value is -3.79. The minimum absolute atomic E-state index is 0.00213. The van der Waals surface area contributed by atoms with E-state index in [1.54, 1.807) is 40.8 Å². The quantitative estimate of drug-likeness (QED) is 0.400. The molecule has 2 aromatic carbocycles. The second kappa shape index (κ2) is 9.83. The lowest BCUT2D eigenvalue weighted by Gasteiger charge is -2.35. The molecule has 0 bridgehead atoms. The highest BCUT2D eigenvalue weighted by atomic mass is 19.1. The van der Waals surface area contributed by atoms with Crippen molar-refractivity contribution in [3.05, 3.63) is 75.7 Å². The van der Waals surface area contributed by atoms with Crippen molar-refractivity contribution in [1.29, 1.82) is 0 Å². The average molecular weight is 524 g/mol. The molecule has 38 heavy (non-hydrogen) atoms. The Bertz CT molecular complexity index is 1580. The SMILES string of the molecule is Cn1c2cc(CN3CCN(C(=O)OC(C)(C)C)CC3)c(F)cc2c2cnn(Cc3ccccc3F)c(=O)c21. The Balaban J connectivity index is 1.39. The predicted octanol–water partition coefficient (Wildman–Crippen LogP) is 4.27. The molecular weight excluding hydrogens is 492 g/mol. The highest BCUT2D eigenvalue weighted by Gasteiger charge is 2.26. The molecule has 1 amide bonds. The molecule has 10 heteroatoms. The lowest BCUT2D eigenvalue weighted by atomic mass is 10.1. The summed E-state index contributed by atoms with van der Waals surface area (Å²) in [5.74, 6) is -0.771. The van der Waals surface area contributed by atoms with Gasteiger partial charge in [0, 0.05) is 67.2 Å². The largest absolute Gasteiger partial charge is 0.444 e. The maximum absolute atomic E-state index is 15.2. The van der Waals surface area contributed by atoms with Gasteiger partial charge in [0.25, 0.3) is 5.56 Å². The molecule has 1 aliphatic rings. The molecule has 5 rings (SSSR count). The van der Waals surface area contributed by atoms with E-state index in [0.717, 1.165) is 0 Å². The number of amides is 1. The van der Waals surface area contributed by atoms with Crippen molar-refractivity contribution in [2.45, 2.75) is 39.5 Å². The van der Waals surface area contributed by atoms with Crippen LogP contribution in [0.25, 0.3) is 21.8 Å². The number of aryl methyl sites for hydroxylation is 1. The highest BCUT2D eigenvalue weighted by molar-refractivity contribution is 6.07. The molecule has 1 aliphatic heterocycles. The van der Waals surface area contributed by atoms with Crippen molar-refractivity contribution >= 4 is 27.9 Å². The topological polar surface area (TPSA) is 72.6 Å². The fraction of sp³-hybridized carbons (Fsp3) is 0.393. The molecule has 0 unspecified atom stereocenters. The van der Waals surface area contributed by atoms with E-state index in [1.807, 2.05) is 20.8 Å². The summed E-state index contributed by atoms with van der Waals surface area (Å²) >= 11 is 0. The van der Waals surface area contributed by atoms with Crippen LogP contribution in [0.2, 0.25) is 0 Å². The molecule has 1 fully saturated rings. The van der Waals surface area contributed by atoms with Crippen molar-refractivity contribution in [3.8, 4) is 0 Å². The van der Waals surface area contributed by atoms with Crippen LogP contribution in [0.3, 0.4) is 0 Å². The van der Waals surface area contributed by atoms with Crippen LogP contribution in [0.1, 0.15) is 31.9 Å². The van der Waals surface area contributed by atoms with Crippen LogP contribution in [-0.4, -0.2) is 62.0 Å². The zero-order valence-corrected chi connectivity index (χ0v) is 22.0. The van der Waals surface area contributed by atoms with E-state index in [9.17, 15) is 14.0 Å². The molecule has 0 spiro atoms. The first kappa shape index (κ1) is 25.8. The molecule has 0 aliphatic carbocycles. The summed E-state index contributed by atoms with van der Waals surface area (Å²) < 4.78 is 37.8. The third-order valence-electron chi connectivity index (χ3n) is 6.87. The van der Waals surface area contributed by atoms with Crippen molar-refractivity contribution in [1.82, 2.24) is 24.1 Å². The van der Waals surface area contributed by atoms with Gasteiger partial charge in [-0.15, -0.1) is 0 Å². The van der Waals surface area contributed by atoms with Gasteiger partial charge in [0.15, 0.2) is 0 Å². The number of carbonyl (C=O) groups is 1. The van der Waals surface area contributed by atoms with E-state index in [0.29, 0.717) is 65.7 Å². The number of hydrogen-bond acceptors (Lipinski definition) is 5. The molecule has 0 radical (unpaired) electrons. The Labute approximate surface area is 219 Å². The summed E-state index contributed by atoms with van der Waals surface area (Å²) in [5.41, 5.74) is 1.04. The third-order valence-corrected chi connectivity index (χ3v) is 6.87. The van der Waals surface area contributed by atoms with E-state index in [-0.39, 0.29) is 24.0 Å². The zero-order valence-electron chi connectivity index (χ0n) is 22.0. The fourth-order valence-electron chi connectivity index (χ4n) is 4.90. The number of halogens is 2. The lowest BCUT2D eigenvalue weighted by Crippen LogP contribution is -2.49. The first-order valence-corrected chi connectivity index (χ1v) is 12.6. The van der Waals surface area contributed by atoms with Gasteiger partial charge in [0.1, 0.15) is 22.8 Å². The lowest BCUT2D eigenvalue weighted by molar-refractivity contribution is 0.0138. The Morgan fingerprint density at radius 2 is 1.68 bits per heavy atom. The van der Waals surface area contributed by atoms with Gasteiger partial charge in [0.2, 0.25) is 0 Å². The monoisotopic (exact) mass is 523 g/mol. The number of piperazine rings is 1. The first-order valence-electron chi connectivity index (χ1n) is 12.6. The number of fused-ring (bicyclic) bond motifs is 3. The Morgan fingerprint density at radius 3 is 2.37 bits per heavy atom. The number of rotatable bonds is 4. The summed E-state index contributed by atoms with van der Waals surface area (Å²) in [6, 6.07) is 9.48. The fourth-order valence-corrected chi connectivity index (χ4v) is 4.90. The van der Waals surface area contributed by atoms with E-state index in [2.05, 4.69) is 10.00 Å². The smallest absolute Gasteiger partial charge is 0.410 e. The number of nitrogens with zero attached hydrogens (tertiary/aromatic N) is 5. The summed E-state index contributed by atoms with van der Waals surface area (Å²) in [4.78, 5) is 29.4. The maximum atomic E-state index is 15.2. The van der Waals surface area contributed by atoms with Crippen molar-refractivity contribution in [3.63, 3.8) is 0 Å². The third kappa shape index (κ3) is 5.00. The number of hydrogen-bond donors (Lipinski definition) is 0. The average Bonchev–Trinajstić information content (AvgIpc) is 3.13. The van der Waals surface area contributed by atoms with Gasteiger partial charge >= 0.3 is 6.09 Å². The summed E-state index contributed by atoms with van der Waals surface area (Å²) in [6.07, 6.45) is 1.20. The minimum atomic E-state index is -0.554. The summed E-state index contributed by atoms with van der Waals surface area (Å²) in [7, 11) is 1.76. The molecule has 4 aromatic rings. The summed E-state index contributed by atoms with van der Waals surface area (Å²) in [6.45, 7) is 8.07. The van der Waals surface area contributed by atoms with Gasteiger partial charge in [-0.25, -0.2) is 18.3 Å². The molecular formula is C28H31F2N5O3. The van der Waals surface area contributed by atoms with Gasteiger partial charge in [-0.2, -0.15) is 5.10 Å². The number of carbonyl (C=O) groups excluding carboxylic acids is 1. The zero-order chi connectivity index (χ0) is 27.2. The molecule has 0 atom stereocenters. The Kier molecular flexibility index (Phi) is 6.68. The number of benzene rings is 2. The molecule has 8 nitrogen and oxygen atoms in total. The highest BCUT2D eigenvalue weighted by Crippen LogP contribution is 2.29. The summed E-state index contributed by atoms with van der Waals surface area (Å²) in [5, 5.41) is 5.39. The van der Waals surface area contributed by atoms with E-state index in [4.69, 9.17) is 4.74 Å². The van der Waals surface area contributed by atoms with E-state index in [1.165, 1.54) is 23.0 Å². The second-order valence-electron chi connectivity index (χ2n) is 10.7. The molecule has 0 saturated carbocycles. The first-order chi connectivity index (χ1) is 18.0. The van der Waals surface area contributed by atoms with Crippen LogP contribution in [0, 0.1) is 11.6 Å². The van der Waals surface area contributed by atoms with Crippen LogP contribution in [0.15, 0.2) is 47.4 Å². The molecule has 2 aromatic heterocycles. The van der Waals surface area contributed by atoms with E-state index < -0.39 is 11.4 Å². The predicted molar refractivity (Wildman–Crippen MR) is 141 cm³/mol. The van der Waals surface area contributed by atoms with Gasteiger partial charge in [-0.3, -0.25) is 9.69 Å². The van der Waals surface area contributed by atoms with Gasteiger partial charge in [-0.1, -0.05) is 18.2 Å². The van der Waals surface area contributed by atoms with Gasteiger partial charge in [-0.05, 0) is 39.0 Å². The van der Waals surface area contributed by atoms with Crippen LogP contribution in [-0.2, 0) is 24.9 Å². The molecule has 0 N–H and O–H groups in total. The molecule has 200 valence electrons. The van der Waals surface area contributed by atoms with Crippen LogP contribution >= 0.6 is 0 Å². The minimum Gasteiger partial charge on any atom is -0.444 e. The number of ether oxygens (including phenoxy) is 1. The normalized spacial score (nSPS) is 14.9. The number of aromatic nitrogens is 3. The van der Waals surface area contributed by atoms with Crippen LogP contribution in [0.5, 0.6) is 0 Å². The Morgan fingerprint density at radius 1 is 0.974 bits per heavy atom. The van der Waals surface area contributed by atoms with Crippen molar-refractivity contribution in [2.24, 2.45) is 7.05 Å². The van der Waals surface area contributed by atoms with Gasteiger partial charge < -0.3 is 14.2 Å². The second-order valence-corrected chi connectivity index (χ2v) is 10.7. The molecule has 1 saturated heterocycles. The van der Waals surface area contributed by atoms with Crippen molar-refractivity contribution in [2.75, 3.05) is 26.2 Å². The maximum Gasteiger partial charge on any atom is 0.410 e.